The van der Waals surface area contributed by atoms with Gasteiger partial charge >= 0.3 is 0 Å². The molecule has 0 heterocycles. The highest BCUT2D eigenvalue weighted by Gasteiger charge is 1.93. The maximum absolute atomic E-state index is 5.36. The predicted molar refractivity (Wildman–Crippen MR) is 336 cm³/mol. The Hall–Kier alpha value is -5.32. The monoisotopic (exact) mass is 979 g/mol. The minimum absolute atomic E-state index is 0.822. The largest absolute Gasteiger partial charge is 0.399 e. The van der Waals surface area contributed by atoms with Gasteiger partial charge in [0.15, 0.2) is 0 Å². The normalized spacial score (nSPS) is 6.66. The van der Waals surface area contributed by atoms with Crippen LogP contribution in [-0.2, 0) is 12.8 Å². The van der Waals surface area contributed by atoms with E-state index in [1.54, 1.807) is 0 Å². The summed E-state index contributed by atoms with van der Waals surface area (Å²) in [4.78, 5) is 0. The second kappa shape index (κ2) is 125. The van der Waals surface area contributed by atoms with Crippen LogP contribution in [0.5, 0.6) is 0 Å². The van der Waals surface area contributed by atoms with E-state index in [1.807, 2.05) is 185 Å². The number of hydrogen-bond acceptors (Lipinski definition) is 8. The van der Waals surface area contributed by atoms with Gasteiger partial charge in [0.25, 0.3) is 0 Å². The lowest BCUT2D eigenvalue weighted by atomic mass is 10.1. The minimum atomic E-state index is 0.822. The zero-order valence-corrected chi connectivity index (χ0v) is 50.4. The molecule has 0 aromatic heterocycles. The first-order valence-electron chi connectivity index (χ1n) is 25.9. The second-order valence-electron chi connectivity index (χ2n) is 9.12. The molecule has 0 aliphatic heterocycles. The van der Waals surface area contributed by atoms with Crippen LogP contribution >= 0.6 is 0 Å². The van der Waals surface area contributed by atoms with Gasteiger partial charge in [0, 0.05) is 11.4 Å². The highest BCUT2D eigenvalue weighted by atomic mass is 14.5. The standard InChI is InChI=1S/2C13H12.2C6H7N.9C2H6.6CH5N/c2*1-3-7-12(8-4-1)11-13-9-5-2-6-10-13;2*7-6-4-2-1-3-5-6;15*1-2/h2*1-10H,11H2;2*1-5H,7H2;9*1-2H3;6*2H2,1H3. The number of nitrogen functional groups attached to an aromatic ring is 2. The topological polar surface area (TPSA) is 208 Å². The minimum Gasteiger partial charge on any atom is -0.399 e. The zero-order valence-electron chi connectivity index (χ0n) is 50.4. The lowest BCUT2D eigenvalue weighted by Crippen LogP contribution is -1.85. The Morgan fingerprint density at radius 1 is 0.186 bits per heavy atom. The van der Waals surface area contributed by atoms with Crippen LogP contribution in [0.1, 0.15) is 147 Å². The van der Waals surface area contributed by atoms with Gasteiger partial charge in [-0.05, 0) is 102 Å². The molecule has 0 saturated carbocycles. The van der Waals surface area contributed by atoms with Crippen molar-refractivity contribution >= 4 is 11.4 Å². The summed E-state index contributed by atoms with van der Waals surface area (Å²) in [6, 6.07) is 61.1. The Morgan fingerprint density at radius 2 is 0.286 bits per heavy atom. The maximum atomic E-state index is 5.36. The molecule has 6 aromatic rings. The number of nitrogens with two attached hydrogens (primary N) is 8. The van der Waals surface area contributed by atoms with Crippen LogP contribution in [0.2, 0.25) is 0 Å². The molecule has 0 unspecified atom stereocenters. The SMILES string of the molecule is CC.CC.CC.CC.CC.CC.CC.CC.CC.CN.CN.CN.CN.CN.CN.Nc1ccccc1.Nc1ccccc1.c1ccc(Cc2ccccc2)cc1.c1ccc(Cc2ccccc2)cc1. The Balaban J connectivity index is -0.0000000484. The van der Waals surface area contributed by atoms with Crippen LogP contribution in [0, 0.1) is 0 Å². The van der Waals surface area contributed by atoms with Crippen molar-refractivity contribution < 1.29 is 0 Å². The van der Waals surface area contributed by atoms with E-state index < -0.39 is 0 Å². The van der Waals surface area contributed by atoms with Crippen LogP contribution in [0.3, 0.4) is 0 Å². The Bertz CT molecular complexity index is 1240. The molecule has 0 fully saturated rings. The van der Waals surface area contributed by atoms with Gasteiger partial charge in [-0.3, -0.25) is 0 Å². The Kier molecular flexibility index (Phi) is 176. The summed E-state index contributed by atoms with van der Waals surface area (Å²) < 4.78 is 0. The first kappa shape index (κ1) is 98.2. The van der Waals surface area contributed by atoms with E-state index in [0.29, 0.717) is 0 Å². The van der Waals surface area contributed by atoms with E-state index in [9.17, 15) is 0 Å². The third kappa shape index (κ3) is 92.8. The first-order valence-corrected chi connectivity index (χ1v) is 25.9. The third-order valence-electron chi connectivity index (χ3n) is 5.79. The van der Waals surface area contributed by atoms with E-state index >= 15 is 0 Å². The number of anilines is 2. The molecule has 0 spiro atoms. The molecule has 0 saturated heterocycles. The molecule has 0 bridgehead atoms. The third-order valence-corrected chi connectivity index (χ3v) is 5.79. The first-order chi connectivity index (χ1) is 34.7. The van der Waals surface area contributed by atoms with Crippen LogP contribution in [-0.4, -0.2) is 42.3 Å². The predicted octanol–water partition coefficient (Wildman–Crippen LogP) is 15.8. The number of benzene rings is 6. The molecule has 0 aliphatic rings. The van der Waals surface area contributed by atoms with Crippen LogP contribution in [0.15, 0.2) is 182 Å². The highest BCUT2D eigenvalue weighted by Crippen LogP contribution is 2.09. The van der Waals surface area contributed by atoms with Gasteiger partial charge in [-0.25, -0.2) is 0 Å². The number of hydrogen-bond donors (Lipinski definition) is 8. The van der Waals surface area contributed by atoms with Gasteiger partial charge in [0.2, 0.25) is 0 Å². The van der Waals surface area contributed by atoms with Crippen LogP contribution < -0.4 is 45.9 Å². The van der Waals surface area contributed by atoms with Crippen molar-refractivity contribution in [2.24, 2.45) is 34.4 Å². The molecule has 410 valence electrons. The Labute approximate surface area is 439 Å². The van der Waals surface area contributed by atoms with Gasteiger partial charge in [-0.2, -0.15) is 0 Å². The fourth-order valence-corrected chi connectivity index (χ4v) is 3.76. The van der Waals surface area contributed by atoms with E-state index in [0.717, 1.165) is 24.2 Å². The van der Waals surface area contributed by atoms with Gasteiger partial charge in [0.1, 0.15) is 0 Å². The van der Waals surface area contributed by atoms with Gasteiger partial charge in [0.05, 0.1) is 0 Å². The van der Waals surface area contributed by atoms with E-state index in [4.69, 9.17) is 11.5 Å². The van der Waals surface area contributed by atoms with E-state index in [-0.39, 0.29) is 0 Å². The van der Waals surface area contributed by atoms with Crippen LogP contribution in [0.25, 0.3) is 0 Å². The lowest BCUT2D eigenvalue weighted by molar-refractivity contribution is 1.19. The smallest absolute Gasteiger partial charge is 0.0313 e. The van der Waals surface area contributed by atoms with Crippen molar-refractivity contribution in [3.8, 4) is 0 Å². The summed E-state index contributed by atoms with van der Waals surface area (Å²) in [5.41, 5.74) is 44.8. The number of rotatable bonds is 4. The molecule has 0 amide bonds. The second-order valence-corrected chi connectivity index (χ2v) is 9.12. The van der Waals surface area contributed by atoms with Gasteiger partial charge in [-0.1, -0.05) is 282 Å². The molecule has 8 nitrogen and oxygen atoms in total. The van der Waals surface area contributed by atoms with Crippen molar-refractivity contribution in [3.63, 3.8) is 0 Å². The lowest BCUT2D eigenvalue weighted by Gasteiger charge is -2.00. The molecule has 16 N–H and O–H groups in total. The summed E-state index contributed by atoms with van der Waals surface area (Å²) in [5.74, 6) is 0. The quantitative estimate of drug-likeness (QED) is 0.0795. The Morgan fingerprint density at radius 3 is 0.371 bits per heavy atom. The van der Waals surface area contributed by atoms with Crippen molar-refractivity contribution in [3.05, 3.63) is 204 Å². The molecule has 70 heavy (non-hydrogen) atoms. The average Bonchev–Trinajstić information content (AvgIpc) is 3.51. The molecule has 8 heteroatoms. The van der Waals surface area contributed by atoms with Crippen molar-refractivity contribution in [2.75, 3.05) is 53.8 Å². The number of para-hydroxylation sites is 2. The molecular weight excluding hydrogens is 857 g/mol. The molecule has 0 aliphatic carbocycles. The molecular formula is C62H122N8. The average molecular weight is 980 g/mol. The fourth-order valence-electron chi connectivity index (χ4n) is 3.76. The summed E-state index contributed by atoms with van der Waals surface area (Å²) in [5, 5.41) is 0. The van der Waals surface area contributed by atoms with Crippen molar-refractivity contribution in [2.45, 2.75) is 137 Å². The molecule has 6 aromatic carbocycles. The van der Waals surface area contributed by atoms with Crippen LogP contribution in [0.4, 0.5) is 11.4 Å². The highest BCUT2D eigenvalue weighted by molar-refractivity contribution is 5.36. The van der Waals surface area contributed by atoms with Crippen molar-refractivity contribution in [1.82, 2.24) is 0 Å². The van der Waals surface area contributed by atoms with E-state index in [2.05, 4.69) is 156 Å². The van der Waals surface area contributed by atoms with Crippen molar-refractivity contribution in [1.29, 1.82) is 0 Å². The molecule has 0 atom stereocenters. The summed E-state index contributed by atoms with van der Waals surface area (Å²) in [6.07, 6.45) is 2.06. The summed E-state index contributed by atoms with van der Waals surface area (Å²) in [6.45, 7) is 36.0. The van der Waals surface area contributed by atoms with Gasteiger partial charge < -0.3 is 45.9 Å². The maximum Gasteiger partial charge on any atom is 0.0313 e. The summed E-state index contributed by atoms with van der Waals surface area (Å²) >= 11 is 0. The van der Waals surface area contributed by atoms with E-state index in [1.165, 1.54) is 64.5 Å². The fraction of sp³-hybridized carbons (Fsp3) is 0.419. The molecule has 6 rings (SSSR count). The molecule has 0 radical (unpaired) electrons. The van der Waals surface area contributed by atoms with Gasteiger partial charge in [-0.15, -0.1) is 0 Å². The zero-order chi connectivity index (χ0) is 58.1. The summed E-state index contributed by atoms with van der Waals surface area (Å²) in [7, 11) is 9.00.